The van der Waals surface area contributed by atoms with Gasteiger partial charge in [-0.2, -0.15) is 18.2 Å². The van der Waals surface area contributed by atoms with Crippen molar-refractivity contribution >= 4 is 0 Å². The molecule has 7 heteroatoms. The number of halogens is 3. The van der Waals surface area contributed by atoms with Crippen LogP contribution in [0.1, 0.15) is 37.9 Å². The van der Waals surface area contributed by atoms with Crippen molar-refractivity contribution in [2.24, 2.45) is 5.73 Å². The molecule has 0 bridgehead atoms. The van der Waals surface area contributed by atoms with Gasteiger partial charge in [0.15, 0.2) is 5.82 Å². The largest absolute Gasteiger partial charge is 0.396 e. The predicted octanol–water partition coefficient (Wildman–Crippen LogP) is 2.02. The molecule has 0 aliphatic rings. The smallest absolute Gasteiger partial charge is 0.339 e. The Morgan fingerprint density at radius 1 is 1.44 bits per heavy atom. The zero-order valence-electron chi connectivity index (χ0n) is 9.08. The molecule has 2 unspecified atom stereocenters. The summed E-state index contributed by atoms with van der Waals surface area (Å²) in [6, 6.07) is -0.195. The Hall–Kier alpha value is -1.11. The van der Waals surface area contributed by atoms with E-state index in [-0.39, 0.29) is 23.7 Å². The third kappa shape index (κ3) is 3.48. The third-order valence-electron chi connectivity index (χ3n) is 2.35. The van der Waals surface area contributed by atoms with Crippen LogP contribution in [0, 0.1) is 0 Å². The third-order valence-corrected chi connectivity index (χ3v) is 2.35. The van der Waals surface area contributed by atoms with Crippen molar-refractivity contribution in [2.45, 2.75) is 44.8 Å². The van der Waals surface area contributed by atoms with E-state index < -0.39 is 12.6 Å². The van der Waals surface area contributed by atoms with Crippen LogP contribution < -0.4 is 5.73 Å². The fraction of sp³-hybridized carbons (Fsp3) is 0.778. The van der Waals surface area contributed by atoms with Crippen LogP contribution in [0.25, 0.3) is 0 Å². The van der Waals surface area contributed by atoms with Gasteiger partial charge < -0.3 is 10.3 Å². The molecular formula is C9H14F3N3O. The fourth-order valence-corrected chi connectivity index (χ4v) is 1.24. The summed E-state index contributed by atoms with van der Waals surface area (Å²) >= 11 is 0. The van der Waals surface area contributed by atoms with Crippen LogP contribution in [0.2, 0.25) is 0 Å². The first-order chi connectivity index (χ1) is 7.33. The van der Waals surface area contributed by atoms with E-state index in [1.54, 1.807) is 6.92 Å². The van der Waals surface area contributed by atoms with Crippen molar-refractivity contribution in [3.8, 4) is 0 Å². The minimum atomic E-state index is -4.32. The Morgan fingerprint density at radius 3 is 2.56 bits per heavy atom. The number of hydrogen-bond acceptors (Lipinski definition) is 4. The van der Waals surface area contributed by atoms with Gasteiger partial charge in [-0.15, -0.1) is 0 Å². The maximum absolute atomic E-state index is 12.0. The minimum absolute atomic E-state index is 0.161. The molecule has 1 heterocycles. The maximum atomic E-state index is 12.0. The van der Waals surface area contributed by atoms with E-state index >= 15 is 0 Å². The van der Waals surface area contributed by atoms with E-state index in [1.807, 2.05) is 6.92 Å². The standard InChI is InChI=1S/C9H14F3N3O/c1-3-6(13)5(2)8-14-7(15-16-8)4-9(10,11)12/h5-6H,3-4,13H2,1-2H3. The highest BCUT2D eigenvalue weighted by atomic mass is 19.4. The molecular weight excluding hydrogens is 223 g/mol. The highest BCUT2D eigenvalue weighted by Gasteiger charge is 2.31. The van der Waals surface area contributed by atoms with Crippen LogP contribution in [0.5, 0.6) is 0 Å². The van der Waals surface area contributed by atoms with E-state index in [1.165, 1.54) is 0 Å². The van der Waals surface area contributed by atoms with E-state index in [9.17, 15) is 13.2 Å². The first-order valence-electron chi connectivity index (χ1n) is 4.98. The van der Waals surface area contributed by atoms with Gasteiger partial charge in [-0.1, -0.05) is 19.0 Å². The molecule has 0 fully saturated rings. The van der Waals surface area contributed by atoms with Gasteiger partial charge in [0, 0.05) is 6.04 Å². The van der Waals surface area contributed by atoms with Gasteiger partial charge in [0.05, 0.1) is 5.92 Å². The topological polar surface area (TPSA) is 64.9 Å². The average Bonchev–Trinajstić information content (AvgIpc) is 2.61. The van der Waals surface area contributed by atoms with Crippen LogP contribution >= 0.6 is 0 Å². The van der Waals surface area contributed by atoms with Crippen LogP contribution in [-0.4, -0.2) is 22.4 Å². The van der Waals surface area contributed by atoms with E-state index in [0.717, 1.165) is 0 Å². The van der Waals surface area contributed by atoms with E-state index in [2.05, 4.69) is 10.1 Å². The Bertz CT molecular complexity index is 337. The first-order valence-corrected chi connectivity index (χ1v) is 4.98. The molecule has 16 heavy (non-hydrogen) atoms. The monoisotopic (exact) mass is 237 g/mol. The summed E-state index contributed by atoms with van der Waals surface area (Å²) in [4.78, 5) is 3.69. The Morgan fingerprint density at radius 2 is 2.06 bits per heavy atom. The molecule has 0 radical (unpaired) electrons. The van der Waals surface area contributed by atoms with Gasteiger partial charge >= 0.3 is 6.18 Å². The molecule has 1 rings (SSSR count). The number of aromatic nitrogens is 2. The lowest BCUT2D eigenvalue weighted by atomic mass is 10.0. The number of hydrogen-bond donors (Lipinski definition) is 1. The highest BCUT2D eigenvalue weighted by Crippen LogP contribution is 2.22. The molecule has 4 nitrogen and oxygen atoms in total. The second-order valence-corrected chi connectivity index (χ2v) is 3.70. The van der Waals surface area contributed by atoms with Crippen LogP contribution in [-0.2, 0) is 6.42 Å². The second kappa shape index (κ2) is 4.82. The number of nitrogens with zero attached hydrogens (tertiary/aromatic N) is 2. The van der Waals surface area contributed by atoms with Crippen LogP contribution in [0.15, 0.2) is 4.52 Å². The van der Waals surface area contributed by atoms with Gasteiger partial charge in [-0.3, -0.25) is 0 Å². The molecule has 1 aromatic rings. The SMILES string of the molecule is CCC(N)C(C)c1nc(CC(F)(F)F)no1. The summed E-state index contributed by atoms with van der Waals surface area (Å²) in [6.07, 6.45) is -4.81. The molecule has 2 N–H and O–H groups in total. The Labute approximate surface area is 91.0 Å². The summed E-state index contributed by atoms with van der Waals surface area (Å²) in [6.45, 7) is 3.63. The minimum Gasteiger partial charge on any atom is -0.339 e. The van der Waals surface area contributed by atoms with Crippen molar-refractivity contribution in [2.75, 3.05) is 0 Å². The second-order valence-electron chi connectivity index (χ2n) is 3.70. The number of rotatable bonds is 4. The molecule has 92 valence electrons. The summed E-state index contributed by atoms with van der Waals surface area (Å²) < 4.78 is 40.8. The Kier molecular flexibility index (Phi) is 3.90. The van der Waals surface area contributed by atoms with Crippen molar-refractivity contribution in [1.82, 2.24) is 10.1 Å². The lowest BCUT2D eigenvalue weighted by molar-refractivity contribution is -0.128. The van der Waals surface area contributed by atoms with Gasteiger partial charge in [0.2, 0.25) is 5.89 Å². The first kappa shape index (κ1) is 13.0. The zero-order valence-corrected chi connectivity index (χ0v) is 9.08. The normalized spacial score (nSPS) is 16.1. The fourth-order valence-electron chi connectivity index (χ4n) is 1.24. The molecule has 0 aliphatic heterocycles. The van der Waals surface area contributed by atoms with Crippen molar-refractivity contribution in [3.05, 3.63) is 11.7 Å². The lowest BCUT2D eigenvalue weighted by Crippen LogP contribution is -2.25. The van der Waals surface area contributed by atoms with Crippen molar-refractivity contribution in [1.29, 1.82) is 0 Å². The summed E-state index contributed by atoms with van der Waals surface area (Å²) in [5, 5.41) is 3.28. The quantitative estimate of drug-likeness (QED) is 0.870. The van der Waals surface area contributed by atoms with Crippen LogP contribution in [0.3, 0.4) is 0 Å². The summed E-state index contributed by atoms with van der Waals surface area (Å²) in [5.41, 5.74) is 5.74. The van der Waals surface area contributed by atoms with Gasteiger partial charge in [0.1, 0.15) is 6.42 Å². The van der Waals surface area contributed by atoms with E-state index in [4.69, 9.17) is 10.3 Å². The number of nitrogens with two attached hydrogens (primary N) is 1. The predicted molar refractivity (Wildman–Crippen MR) is 50.7 cm³/mol. The van der Waals surface area contributed by atoms with Crippen molar-refractivity contribution < 1.29 is 17.7 Å². The van der Waals surface area contributed by atoms with E-state index in [0.29, 0.717) is 6.42 Å². The number of alkyl halides is 3. The maximum Gasteiger partial charge on any atom is 0.396 e. The molecule has 2 atom stereocenters. The molecule has 0 amide bonds. The molecule has 1 aromatic heterocycles. The molecule has 0 aliphatic carbocycles. The van der Waals surface area contributed by atoms with Gasteiger partial charge in [0.25, 0.3) is 0 Å². The molecule has 0 saturated heterocycles. The lowest BCUT2D eigenvalue weighted by Gasteiger charge is -2.13. The molecule has 0 spiro atoms. The van der Waals surface area contributed by atoms with Crippen molar-refractivity contribution in [3.63, 3.8) is 0 Å². The summed E-state index contributed by atoms with van der Waals surface area (Å²) in [7, 11) is 0. The van der Waals surface area contributed by atoms with Gasteiger partial charge in [-0.05, 0) is 6.42 Å². The summed E-state index contributed by atoms with van der Waals surface area (Å²) in [5.74, 6) is -0.425. The highest BCUT2D eigenvalue weighted by molar-refractivity contribution is 4.97. The Balaban J connectivity index is 2.71. The molecule has 0 saturated carbocycles. The zero-order chi connectivity index (χ0) is 12.3. The average molecular weight is 237 g/mol. The van der Waals surface area contributed by atoms with Crippen LogP contribution in [0.4, 0.5) is 13.2 Å². The van der Waals surface area contributed by atoms with Gasteiger partial charge in [-0.25, -0.2) is 0 Å². The molecule has 0 aromatic carbocycles.